The van der Waals surface area contributed by atoms with Crippen LogP contribution in [0.3, 0.4) is 0 Å². The maximum atomic E-state index is 12.6. The van der Waals surface area contributed by atoms with Crippen molar-refractivity contribution in [3.8, 4) is 23.0 Å². The van der Waals surface area contributed by atoms with E-state index >= 15 is 0 Å². The Kier molecular flexibility index (Phi) is 17.9. The highest BCUT2D eigenvalue weighted by Gasteiger charge is 2.34. The molecule has 0 amide bonds. The van der Waals surface area contributed by atoms with Gasteiger partial charge in [-0.1, -0.05) is 24.3 Å². The zero-order valence-corrected chi connectivity index (χ0v) is 33.3. The number of aliphatic carboxylic acids is 1. The molecule has 0 spiro atoms. The maximum absolute atomic E-state index is 12.6. The molecule has 0 aliphatic heterocycles. The molecule has 0 saturated heterocycles. The number of rotatable bonds is 22. The molecule has 0 atom stereocenters. The Morgan fingerprint density at radius 2 is 0.984 bits per heavy atom. The number of esters is 3. The van der Waals surface area contributed by atoms with Crippen LogP contribution in [-0.2, 0) is 14.3 Å². The van der Waals surface area contributed by atoms with E-state index in [1.54, 1.807) is 0 Å². The summed E-state index contributed by atoms with van der Waals surface area (Å²) in [6, 6.07) is 22.9. The van der Waals surface area contributed by atoms with Crippen molar-refractivity contribution in [2.45, 2.75) is 44.5 Å². The number of benzene rings is 4. The Morgan fingerprint density at radius 3 is 1.38 bits per heavy atom. The molecule has 0 unspecified atom stereocenters. The topological polar surface area (TPSA) is 175 Å². The van der Waals surface area contributed by atoms with Crippen LogP contribution in [-0.4, -0.2) is 84.6 Å². The quantitative estimate of drug-likeness (QED) is 0.0226. The summed E-state index contributed by atoms with van der Waals surface area (Å²) in [7, 11) is 0. The number of halogens is 6. The second-order valence-corrected chi connectivity index (χ2v) is 14.0. The van der Waals surface area contributed by atoms with Crippen molar-refractivity contribution in [3.63, 3.8) is 0 Å². The summed E-state index contributed by atoms with van der Waals surface area (Å²) < 4.78 is 100. The van der Waals surface area contributed by atoms with Crippen molar-refractivity contribution in [2.24, 2.45) is 5.41 Å². The molecule has 0 aromatic heterocycles. The van der Waals surface area contributed by atoms with Crippen LogP contribution < -0.4 is 18.9 Å². The Labute approximate surface area is 356 Å². The van der Waals surface area contributed by atoms with Crippen molar-refractivity contribution >= 4 is 36.0 Å². The van der Waals surface area contributed by atoms with Gasteiger partial charge in [0.15, 0.2) is 0 Å². The second kappa shape index (κ2) is 23.0. The number of alkyl halides is 6. The number of carbonyl (C=O) groups is 4. The van der Waals surface area contributed by atoms with Gasteiger partial charge >= 0.3 is 36.2 Å². The fourth-order valence-corrected chi connectivity index (χ4v) is 5.45. The van der Waals surface area contributed by atoms with Gasteiger partial charge in [-0.2, -0.15) is 26.3 Å². The number of aliphatic hydroxyl groups excluding tert-OH is 2. The fraction of sp³-hybridized carbons (Fsp3) is 0.289. The number of carboxylic acids is 1. The van der Waals surface area contributed by atoms with Crippen molar-refractivity contribution in [1.29, 1.82) is 0 Å². The molecular weight excluding hydrogens is 846 g/mol. The monoisotopic (exact) mass is 888 g/mol. The molecule has 3 N–H and O–H groups in total. The minimum atomic E-state index is -4.28. The summed E-state index contributed by atoms with van der Waals surface area (Å²) in [6.45, 7) is -2.38. The van der Waals surface area contributed by atoms with Gasteiger partial charge in [0.2, 0.25) is 0 Å². The van der Waals surface area contributed by atoms with E-state index in [0.29, 0.717) is 11.1 Å². The largest absolute Gasteiger partial charge is 0.494 e. The lowest BCUT2D eigenvalue weighted by Gasteiger charge is -2.29. The summed E-state index contributed by atoms with van der Waals surface area (Å²) in [6.07, 6.45) is -7.66. The summed E-state index contributed by atoms with van der Waals surface area (Å²) in [5.74, 6) is -2.87. The van der Waals surface area contributed by atoms with Gasteiger partial charge in [-0.3, -0.25) is 0 Å². The van der Waals surface area contributed by atoms with E-state index in [4.69, 9.17) is 23.7 Å². The molecule has 0 fully saturated rings. The average molecular weight is 889 g/mol. The lowest BCUT2D eigenvalue weighted by atomic mass is 9.83. The number of hydrogen-bond donors (Lipinski definition) is 3. The molecule has 12 nitrogen and oxygen atoms in total. The van der Waals surface area contributed by atoms with Gasteiger partial charge in [0.25, 0.3) is 0 Å². The molecule has 4 aromatic rings. The highest BCUT2D eigenvalue weighted by atomic mass is 19.4. The van der Waals surface area contributed by atoms with Crippen molar-refractivity contribution < 1.29 is 84.5 Å². The van der Waals surface area contributed by atoms with E-state index in [1.165, 1.54) is 109 Å². The SMILES string of the molecule is O=C(/C=C/c1ccc(OC(=O)c2ccc(OCCCC(F)(F)F)cc2)cc1)OCC(CO)(CO)C/C(=C\c1ccc(OC(=O)c2ccc(OCCCC(F)(F)F)cc2)cc1)C(=O)O. The number of ether oxygens (including phenoxy) is 5. The van der Waals surface area contributed by atoms with Crippen LogP contribution in [0.2, 0.25) is 0 Å². The van der Waals surface area contributed by atoms with Crippen LogP contribution in [0.25, 0.3) is 12.2 Å². The van der Waals surface area contributed by atoms with Crippen molar-refractivity contribution in [3.05, 3.63) is 131 Å². The zero-order chi connectivity index (χ0) is 46.0. The third-order valence-corrected chi connectivity index (χ3v) is 8.89. The van der Waals surface area contributed by atoms with Gasteiger partial charge < -0.3 is 39.0 Å². The third kappa shape index (κ3) is 17.3. The lowest BCUT2D eigenvalue weighted by molar-refractivity contribution is -0.144. The van der Waals surface area contributed by atoms with Gasteiger partial charge in [-0.05, 0) is 115 Å². The summed E-state index contributed by atoms with van der Waals surface area (Å²) in [5, 5.41) is 30.3. The molecule has 336 valence electrons. The van der Waals surface area contributed by atoms with E-state index in [2.05, 4.69) is 0 Å². The summed E-state index contributed by atoms with van der Waals surface area (Å²) in [5.41, 5.74) is -0.704. The smallest absolute Gasteiger partial charge is 0.389 e. The normalized spacial score (nSPS) is 12.2. The van der Waals surface area contributed by atoms with Crippen LogP contribution in [0.5, 0.6) is 23.0 Å². The Hall–Kier alpha value is -6.66. The average Bonchev–Trinajstić information content (AvgIpc) is 3.25. The van der Waals surface area contributed by atoms with Crippen LogP contribution in [0.15, 0.2) is 109 Å². The Morgan fingerprint density at radius 1 is 0.571 bits per heavy atom. The van der Waals surface area contributed by atoms with E-state index in [0.717, 1.165) is 6.08 Å². The molecule has 0 aliphatic carbocycles. The van der Waals surface area contributed by atoms with Crippen LogP contribution in [0.4, 0.5) is 26.3 Å². The predicted octanol–water partition coefficient (Wildman–Crippen LogP) is 8.65. The molecule has 0 aliphatic rings. The molecule has 63 heavy (non-hydrogen) atoms. The predicted molar refractivity (Wildman–Crippen MR) is 214 cm³/mol. The molecular formula is C45H42F6O12. The first-order chi connectivity index (χ1) is 29.9. The van der Waals surface area contributed by atoms with Gasteiger partial charge in [0.1, 0.15) is 29.6 Å². The highest BCUT2D eigenvalue weighted by molar-refractivity contribution is 5.93. The highest BCUT2D eigenvalue weighted by Crippen LogP contribution is 2.29. The minimum Gasteiger partial charge on any atom is -0.494 e. The van der Waals surface area contributed by atoms with Crippen LogP contribution in [0, 0.1) is 5.41 Å². The second-order valence-electron chi connectivity index (χ2n) is 14.0. The molecule has 0 bridgehead atoms. The van der Waals surface area contributed by atoms with Gasteiger partial charge in [-0.15, -0.1) is 0 Å². The maximum Gasteiger partial charge on any atom is 0.389 e. The minimum absolute atomic E-state index is 0.109. The van der Waals surface area contributed by atoms with Crippen LogP contribution in [0.1, 0.15) is 63.9 Å². The number of carbonyl (C=O) groups excluding carboxylic acids is 3. The third-order valence-electron chi connectivity index (χ3n) is 8.89. The first-order valence-corrected chi connectivity index (χ1v) is 19.1. The summed E-state index contributed by atoms with van der Waals surface area (Å²) >= 11 is 0. The molecule has 0 saturated carbocycles. The zero-order valence-electron chi connectivity index (χ0n) is 33.3. The van der Waals surface area contributed by atoms with E-state index in [-0.39, 0.29) is 65.8 Å². The van der Waals surface area contributed by atoms with Gasteiger partial charge in [0.05, 0.1) is 43.0 Å². The van der Waals surface area contributed by atoms with E-state index in [9.17, 15) is 60.8 Å². The molecule has 18 heteroatoms. The van der Waals surface area contributed by atoms with E-state index < -0.39 is 80.7 Å². The molecule has 4 aromatic carbocycles. The fourth-order valence-electron chi connectivity index (χ4n) is 5.45. The van der Waals surface area contributed by atoms with Gasteiger partial charge in [0, 0.05) is 24.5 Å². The van der Waals surface area contributed by atoms with E-state index in [1.807, 2.05) is 0 Å². The number of aliphatic hydroxyl groups is 2. The Balaban J connectivity index is 1.26. The number of hydrogen-bond acceptors (Lipinski definition) is 11. The van der Waals surface area contributed by atoms with Gasteiger partial charge in [-0.25, -0.2) is 19.2 Å². The molecule has 4 rings (SSSR count). The Bertz CT molecular complexity index is 2180. The molecule has 0 radical (unpaired) electrons. The number of carboxylic acid groups (broad SMARTS) is 1. The summed E-state index contributed by atoms with van der Waals surface area (Å²) in [4.78, 5) is 50.0. The van der Waals surface area contributed by atoms with Crippen LogP contribution >= 0.6 is 0 Å². The first-order valence-electron chi connectivity index (χ1n) is 19.1. The standard InChI is InChI=1S/C45H42F6O12/c46-44(47,48)21-1-23-59-35-16-8-32(9-17-35)41(57)62-37-12-3-30(4-13-37)7-20-39(54)61-29-43(27-52,28-53)26-34(40(55)56)25-31-5-14-38(15-6-31)63-42(58)33-10-18-36(19-11-33)60-24-2-22-45(49,50)51/h3-20,25,52-53H,1-2,21-24,26-29H2,(H,55,56)/b20-7+,34-25+. The first kappa shape index (κ1) is 49.0. The lowest BCUT2D eigenvalue weighted by Crippen LogP contribution is -2.37. The molecule has 0 heterocycles. The van der Waals surface area contributed by atoms with Crippen molar-refractivity contribution in [2.75, 3.05) is 33.0 Å². The van der Waals surface area contributed by atoms with Crippen molar-refractivity contribution in [1.82, 2.24) is 0 Å².